The van der Waals surface area contributed by atoms with Crippen LogP contribution in [0.15, 0.2) is 48.5 Å². The largest absolute Gasteiger partial charge is 0.390 e. The number of nitrogens with zero attached hydrogens (tertiary/aromatic N) is 2. The van der Waals surface area contributed by atoms with Gasteiger partial charge in [-0.15, -0.1) is 0 Å². The molecule has 0 aromatic heterocycles. The van der Waals surface area contributed by atoms with Crippen molar-refractivity contribution in [1.29, 1.82) is 0 Å². The van der Waals surface area contributed by atoms with Gasteiger partial charge in [0.2, 0.25) is 11.8 Å². The Morgan fingerprint density at radius 1 is 0.882 bits per heavy atom. The lowest BCUT2D eigenvalue weighted by Gasteiger charge is -2.39. The van der Waals surface area contributed by atoms with Gasteiger partial charge < -0.3 is 20.6 Å². The number of carbonyl (C=O) groups is 3. The van der Waals surface area contributed by atoms with E-state index in [0.717, 1.165) is 36.8 Å². The summed E-state index contributed by atoms with van der Waals surface area (Å²) in [4.78, 5) is 41.0. The summed E-state index contributed by atoms with van der Waals surface area (Å²) >= 11 is 0. The van der Waals surface area contributed by atoms with Crippen LogP contribution in [0.3, 0.4) is 0 Å². The van der Waals surface area contributed by atoms with Crippen LogP contribution in [0.2, 0.25) is 0 Å². The molecule has 2 aromatic carbocycles. The number of nitrogens with two attached hydrogens (primary N) is 1. The second-order valence-electron chi connectivity index (χ2n) is 10.1. The Morgan fingerprint density at radius 2 is 1.35 bits per heavy atom. The molecule has 7 nitrogen and oxygen atoms in total. The first-order valence-corrected chi connectivity index (χ1v) is 12.0. The van der Waals surface area contributed by atoms with Gasteiger partial charge in [-0.2, -0.15) is 0 Å². The highest BCUT2D eigenvalue weighted by atomic mass is 16.3. The van der Waals surface area contributed by atoms with Crippen LogP contribution in [0.25, 0.3) is 11.1 Å². The maximum atomic E-state index is 13.5. The minimum absolute atomic E-state index is 0.0327. The minimum atomic E-state index is -1.01. The Morgan fingerprint density at radius 3 is 1.79 bits per heavy atom. The second-order valence-corrected chi connectivity index (χ2v) is 10.1. The van der Waals surface area contributed by atoms with Crippen molar-refractivity contribution in [3.8, 4) is 11.1 Å². The highest BCUT2D eigenvalue weighted by Crippen LogP contribution is 2.34. The third kappa shape index (κ3) is 5.65. The maximum absolute atomic E-state index is 13.5. The number of amides is 3. The molecule has 4 rings (SSSR count). The van der Waals surface area contributed by atoms with E-state index in [1.807, 2.05) is 46.2 Å². The molecule has 7 heteroatoms. The smallest absolute Gasteiger partial charge is 0.254 e. The summed E-state index contributed by atoms with van der Waals surface area (Å²) in [6, 6.07) is 15.1. The van der Waals surface area contributed by atoms with Gasteiger partial charge in [0.15, 0.2) is 0 Å². The molecule has 3 amide bonds. The average molecular weight is 464 g/mol. The zero-order chi connectivity index (χ0) is 24.5. The van der Waals surface area contributed by atoms with Gasteiger partial charge in [-0.25, -0.2) is 0 Å². The molecule has 2 aromatic rings. The maximum Gasteiger partial charge on any atom is 0.254 e. The monoisotopic (exact) mass is 463 g/mol. The van der Waals surface area contributed by atoms with Gasteiger partial charge in [0.1, 0.15) is 0 Å². The standard InChI is InChI=1S/C27H33N3O4/c1-27(2,34)17-24(31)29-15-13-23(14-16-29)30(22-11-12-22)26(33)21-9-5-19(6-10-21)18-3-7-20(8-4-18)25(28)32/h3-10,22-23,34H,11-17H2,1-2H3,(H2,28,32). The van der Waals surface area contributed by atoms with Gasteiger partial charge in [0, 0.05) is 36.3 Å². The van der Waals surface area contributed by atoms with E-state index < -0.39 is 11.5 Å². The zero-order valence-electron chi connectivity index (χ0n) is 19.9. The Balaban J connectivity index is 1.42. The van der Waals surface area contributed by atoms with E-state index in [-0.39, 0.29) is 30.3 Å². The molecule has 2 fully saturated rings. The number of primary amides is 1. The third-order valence-electron chi connectivity index (χ3n) is 6.60. The number of benzene rings is 2. The van der Waals surface area contributed by atoms with E-state index in [1.54, 1.807) is 26.0 Å². The normalized spacial score (nSPS) is 16.9. The first kappa shape index (κ1) is 24.0. The third-order valence-corrected chi connectivity index (χ3v) is 6.60. The van der Waals surface area contributed by atoms with Crippen molar-refractivity contribution >= 4 is 17.7 Å². The lowest BCUT2D eigenvalue weighted by Crippen LogP contribution is -2.50. The highest BCUT2D eigenvalue weighted by molar-refractivity contribution is 5.96. The summed E-state index contributed by atoms with van der Waals surface area (Å²) in [7, 11) is 0. The number of hydrogen-bond donors (Lipinski definition) is 2. The van der Waals surface area contributed by atoms with Crippen molar-refractivity contribution < 1.29 is 19.5 Å². The topological polar surface area (TPSA) is 104 Å². The molecule has 1 saturated carbocycles. The first-order valence-electron chi connectivity index (χ1n) is 12.0. The quantitative estimate of drug-likeness (QED) is 0.658. The number of likely N-dealkylation sites (tertiary alicyclic amines) is 1. The Hall–Kier alpha value is -3.19. The van der Waals surface area contributed by atoms with Crippen molar-refractivity contribution in [2.45, 2.75) is 63.6 Å². The van der Waals surface area contributed by atoms with Crippen LogP contribution in [0.1, 0.15) is 66.7 Å². The van der Waals surface area contributed by atoms with Gasteiger partial charge in [0.05, 0.1) is 12.0 Å². The number of hydrogen-bond acceptors (Lipinski definition) is 4. The zero-order valence-corrected chi connectivity index (χ0v) is 19.9. The number of piperidine rings is 1. The molecule has 3 N–H and O–H groups in total. The lowest BCUT2D eigenvalue weighted by atomic mass is 9.98. The fraction of sp³-hybridized carbons (Fsp3) is 0.444. The molecular formula is C27H33N3O4. The SMILES string of the molecule is CC(C)(O)CC(=O)N1CCC(N(C(=O)c2ccc(-c3ccc(C(N)=O)cc3)cc2)C2CC2)CC1. The predicted octanol–water partition coefficient (Wildman–Crippen LogP) is 3.21. The average Bonchev–Trinajstić information content (AvgIpc) is 3.64. The molecule has 1 aliphatic carbocycles. The van der Waals surface area contributed by atoms with Gasteiger partial charge in [-0.1, -0.05) is 24.3 Å². The molecule has 1 heterocycles. The van der Waals surface area contributed by atoms with Crippen LogP contribution in [-0.2, 0) is 4.79 Å². The van der Waals surface area contributed by atoms with Crippen LogP contribution in [-0.4, -0.2) is 63.4 Å². The fourth-order valence-corrected chi connectivity index (χ4v) is 4.64. The molecule has 2 aliphatic rings. The van der Waals surface area contributed by atoms with Crippen LogP contribution in [0, 0.1) is 0 Å². The molecule has 34 heavy (non-hydrogen) atoms. The van der Waals surface area contributed by atoms with Gasteiger partial charge >= 0.3 is 0 Å². The van der Waals surface area contributed by atoms with E-state index in [4.69, 9.17) is 5.73 Å². The summed E-state index contributed by atoms with van der Waals surface area (Å²) in [5.74, 6) is -0.450. The van der Waals surface area contributed by atoms with Crippen LogP contribution >= 0.6 is 0 Å². The van der Waals surface area contributed by atoms with Crippen LogP contribution in [0.5, 0.6) is 0 Å². The summed E-state index contributed by atoms with van der Waals surface area (Å²) in [6.07, 6.45) is 3.66. The summed E-state index contributed by atoms with van der Waals surface area (Å²) < 4.78 is 0. The van der Waals surface area contributed by atoms with Gasteiger partial charge in [-0.3, -0.25) is 14.4 Å². The second kappa shape index (κ2) is 9.58. The van der Waals surface area contributed by atoms with Crippen LogP contribution in [0.4, 0.5) is 0 Å². The van der Waals surface area contributed by atoms with E-state index in [0.29, 0.717) is 24.2 Å². The molecule has 0 radical (unpaired) electrons. The predicted molar refractivity (Wildman–Crippen MR) is 130 cm³/mol. The minimum Gasteiger partial charge on any atom is -0.390 e. The molecule has 1 saturated heterocycles. The van der Waals surface area contributed by atoms with E-state index >= 15 is 0 Å². The van der Waals surface area contributed by atoms with Crippen molar-refractivity contribution in [2.24, 2.45) is 5.73 Å². The fourth-order valence-electron chi connectivity index (χ4n) is 4.64. The van der Waals surface area contributed by atoms with E-state index in [1.165, 1.54) is 0 Å². The Kier molecular flexibility index (Phi) is 6.75. The molecular weight excluding hydrogens is 430 g/mol. The molecule has 0 spiro atoms. The molecule has 0 bridgehead atoms. The van der Waals surface area contributed by atoms with Crippen LogP contribution < -0.4 is 5.73 Å². The summed E-state index contributed by atoms with van der Waals surface area (Å²) in [5, 5.41) is 9.95. The van der Waals surface area contributed by atoms with E-state index in [9.17, 15) is 19.5 Å². The highest BCUT2D eigenvalue weighted by Gasteiger charge is 2.39. The number of carbonyl (C=O) groups excluding carboxylic acids is 3. The van der Waals surface area contributed by atoms with Crippen molar-refractivity contribution in [3.05, 3.63) is 59.7 Å². The van der Waals surface area contributed by atoms with Crippen molar-refractivity contribution in [2.75, 3.05) is 13.1 Å². The first-order chi connectivity index (χ1) is 16.1. The summed E-state index contributed by atoms with van der Waals surface area (Å²) in [6.45, 7) is 4.51. The molecule has 0 unspecified atom stereocenters. The van der Waals surface area contributed by atoms with E-state index in [2.05, 4.69) is 0 Å². The Bertz CT molecular complexity index is 1040. The Labute approximate surface area is 200 Å². The number of aliphatic hydroxyl groups is 1. The van der Waals surface area contributed by atoms with Crippen molar-refractivity contribution in [1.82, 2.24) is 9.80 Å². The lowest BCUT2D eigenvalue weighted by molar-refractivity contribution is -0.136. The summed E-state index contributed by atoms with van der Waals surface area (Å²) in [5.41, 5.74) is 7.33. The van der Waals surface area contributed by atoms with Gasteiger partial charge in [0.25, 0.3) is 5.91 Å². The molecule has 180 valence electrons. The van der Waals surface area contributed by atoms with Crippen molar-refractivity contribution in [3.63, 3.8) is 0 Å². The number of rotatable bonds is 7. The van der Waals surface area contributed by atoms with Gasteiger partial charge in [-0.05, 0) is 74.9 Å². The molecule has 1 aliphatic heterocycles. The molecule has 0 atom stereocenters.